The molecule has 1 unspecified atom stereocenters. The second-order valence-corrected chi connectivity index (χ2v) is 7.69. The van der Waals surface area contributed by atoms with E-state index in [0.717, 1.165) is 30.8 Å². The first-order valence-corrected chi connectivity index (χ1v) is 10.4. The Morgan fingerprint density at radius 3 is 2.20 bits per heavy atom. The Kier molecular flexibility index (Phi) is 7.46. The summed E-state index contributed by atoms with van der Waals surface area (Å²) in [5, 5.41) is 0. The maximum atomic E-state index is 12.9. The molecule has 0 spiro atoms. The van der Waals surface area contributed by atoms with E-state index in [1.165, 1.54) is 0 Å². The average Bonchev–Trinajstić information content (AvgIpc) is 3.29. The lowest BCUT2D eigenvalue weighted by atomic mass is 10.1. The lowest BCUT2D eigenvalue weighted by molar-refractivity contribution is 0.0678. The van der Waals surface area contributed by atoms with E-state index in [0.29, 0.717) is 30.8 Å². The Labute approximate surface area is 178 Å². The minimum Gasteiger partial charge on any atom is -0.491 e. The molecule has 2 amide bonds. The molecule has 30 heavy (non-hydrogen) atoms. The highest BCUT2D eigenvalue weighted by atomic mass is 16.5. The fourth-order valence-electron chi connectivity index (χ4n) is 3.40. The number of hydrogen-bond acceptors (Lipinski definition) is 4. The van der Waals surface area contributed by atoms with Gasteiger partial charge in [0.2, 0.25) is 0 Å². The Morgan fingerprint density at radius 1 is 1.00 bits per heavy atom. The van der Waals surface area contributed by atoms with Gasteiger partial charge in [0.15, 0.2) is 0 Å². The lowest BCUT2D eigenvalue weighted by Crippen LogP contribution is -2.30. The van der Waals surface area contributed by atoms with Gasteiger partial charge >= 0.3 is 0 Å². The number of benzene rings is 2. The molecule has 2 aromatic carbocycles. The van der Waals surface area contributed by atoms with Gasteiger partial charge in [0.25, 0.3) is 11.8 Å². The average molecular weight is 411 g/mol. The number of amides is 2. The standard InChI is InChI=1S/C24H30N2O4/c1-4-26(16-18-7-9-19(10-8-18)23(27)25(2)3)24(28)20-11-13-21(14-12-20)30-17-22-6-5-15-29-22/h7-14,22H,4-6,15-17H2,1-3H3. The number of rotatable bonds is 8. The van der Waals surface area contributed by atoms with Crippen LogP contribution in [0.1, 0.15) is 46.0 Å². The zero-order valence-electron chi connectivity index (χ0n) is 18.0. The molecule has 160 valence electrons. The Balaban J connectivity index is 1.59. The van der Waals surface area contributed by atoms with Crippen molar-refractivity contribution >= 4 is 11.8 Å². The molecular weight excluding hydrogens is 380 g/mol. The van der Waals surface area contributed by atoms with Gasteiger partial charge < -0.3 is 19.3 Å². The predicted molar refractivity (Wildman–Crippen MR) is 116 cm³/mol. The molecule has 1 heterocycles. The van der Waals surface area contributed by atoms with Crippen molar-refractivity contribution in [1.82, 2.24) is 9.80 Å². The molecule has 0 N–H and O–H groups in total. The maximum Gasteiger partial charge on any atom is 0.254 e. The molecule has 1 saturated heterocycles. The molecule has 6 heteroatoms. The second kappa shape index (κ2) is 10.3. The number of carbonyl (C=O) groups is 2. The predicted octanol–water partition coefficient (Wildman–Crippen LogP) is 3.61. The third-order valence-corrected chi connectivity index (χ3v) is 5.21. The summed E-state index contributed by atoms with van der Waals surface area (Å²) in [4.78, 5) is 28.3. The van der Waals surface area contributed by atoms with Crippen molar-refractivity contribution in [2.75, 3.05) is 33.9 Å². The summed E-state index contributed by atoms with van der Waals surface area (Å²) in [6, 6.07) is 14.7. The molecule has 1 atom stereocenters. The molecule has 0 aromatic heterocycles. The minimum absolute atomic E-state index is 0.0309. The van der Waals surface area contributed by atoms with Crippen molar-refractivity contribution in [1.29, 1.82) is 0 Å². The van der Waals surface area contributed by atoms with E-state index in [4.69, 9.17) is 9.47 Å². The molecule has 1 aliphatic rings. The highest BCUT2D eigenvalue weighted by Gasteiger charge is 2.17. The van der Waals surface area contributed by atoms with Crippen molar-refractivity contribution in [2.45, 2.75) is 32.4 Å². The van der Waals surface area contributed by atoms with Crippen LogP contribution in [0, 0.1) is 0 Å². The van der Waals surface area contributed by atoms with Crippen LogP contribution in [0.15, 0.2) is 48.5 Å². The summed E-state index contributed by atoms with van der Waals surface area (Å²) in [7, 11) is 3.46. The van der Waals surface area contributed by atoms with E-state index in [1.807, 2.05) is 31.2 Å². The Hall–Kier alpha value is -2.86. The molecule has 1 aliphatic heterocycles. The Morgan fingerprint density at radius 2 is 1.63 bits per heavy atom. The summed E-state index contributed by atoms with van der Waals surface area (Å²) in [6.07, 6.45) is 2.29. The quantitative estimate of drug-likeness (QED) is 0.667. The fourth-order valence-corrected chi connectivity index (χ4v) is 3.40. The Bertz CT molecular complexity index is 841. The van der Waals surface area contributed by atoms with Gasteiger partial charge in [0.1, 0.15) is 12.4 Å². The van der Waals surface area contributed by atoms with E-state index in [1.54, 1.807) is 48.2 Å². The second-order valence-electron chi connectivity index (χ2n) is 7.69. The van der Waals surface area contributed by atoms with Gasteiger partial charge in [-0.3, -0.25) is 9.59 Å². The summed E-state index contributed by atoms with van der Waals surface area (Å²) in [5.41, 5.74) is 2.24. The van der Waals surface area contributed by atoms with Gasteiger partial charge in [-0.2, -0.15) is 0 Å². The highest BCUT2D eigenvalue weighted by molar-refractivity contribution is 5.95. The normalized spacial score (nSPS) is 15.6. The van der Waals surface area contributed by atoms with Crippen LogP contribution >= 0.6 is 0 Å². The molecule has 0 radical (unpaired) electrons. The van der Waals surface area contributed by atoms with Gasteiger partial charge in [-0.15, -0.1) is 0 Å². The molecule has 2 aromatic rings. The van der Waals surface area contributed by atoms with Crippen LogP contribution in [-0.4, -0.2) is 61.6 Å². The van der Waals surface area contributed by atoms with E-state index in [-0.39, 0.29) is 17.9 Å². The van der Waals surface area contributed by atoms with Crippen LogP contribution in [0.4, 0.5) is 0 Å². The van der Waals surface area contributed by atoms with Gasteiger partial charge in [-0.1, -0.05) is 12.1 Å². The lowest BCUT2D eigenvalue weighted by Gasteiger charge is -2.21. The summed E-state index contributed by atoms with van der Waals surface area (Å²) < 4.78 is 11.3. The number of hydrogen-bond donors (Lipinski definition) is 0. The molecular formula is C24H30N2O4. The molecule has 0 saturated carbocycles. The molecule has 0 aliphatic carbocycles. The van der Waals surface area contributed by atoms with Crippen LogP contribution in [0.2, 0.25) is 0 Å². The fraction of sp³-hybridized carbons (Fsp3) is 0.417. The largest absolute Gasteiger partial charge is 0.491 e. The van der Waals surface area contributed by atoms with Gasteiger partial charge in [0, 0.05) is 44.9 Å². The van der Waals surface area contributed by atoms with Crippen LogP contribution < -0.4 is 4.74 Å². The van der Waals surface area contributed by atoms with Crippen molar-refractivity contribution in [2.24, 2.45) is 0 Å². The molecule has 1 fully saturated rings. The topological polar surface area (TPSA) is 59.1 Å². The summed E-state index contributed by atoms with van der Waals surface area (Å²) >= 11 is 0. The first-order chi connectivity index (χ1) is 14.5. The van der Waals surface area contributed by atoms with E-state index < -0.39 is 0 Å². The number of ether oxygens (including phenoxy) is 2. The maximum absolute atomic E-state index is 12.9. The molecule has 0 bridgehead atoms. The SMILES string of the molecule is CCN(Cc1ccc(C(=O)N(C)C)cc1)C(=O)c1ccc(OCC2CCCO2)cc1. The van der Waals surface area contributed by atoms with Crippen LogP contribution in [0.3, 0.4) is 0 Å². The van der Waals surface area contributed by atoms with E-state index in [9.17, 15) is 9.59 Å². The first kappa shape index (κ1) is 21.8. The summed E-state index contributed by atoms with van der Waals surface area (Å²) in [5.74, 6) is 0.676. The van der Waals surface area contributed by atoms with Crippen molar-refractivity contribution in [3.8, 4) is 5.75 Å². The van der Waals surface area contributed by atoms with Crippen molar-refractivity contribution in [3.63, 3.8) is 0 Å². The van der Waals surface area contributed by atoms with Gasteiger partial charge in [-0.25, -0.2) is 0 Å². The van der Waals surface area contributed by atoms with Crippen molar-refractivity contribution in [3.05, 3.63) is 65.2 Å². The molecule has 6 nitrogen and oxygen atoms in total. The summed E-state index contributed by atoms with van der Waals surface area (Å²) in [6.45, 7) is 4.39. The van der Waals surface area contributed by atoms with E-state index in [2.05, 4.69) is 0 Å². The highest BCUT2D eigenvalue weighted by Crippen LogP contribution is 2.18. The first-order valence-electron chi connectivity index (χ1n) is 10.4. The third kappa shape index (κ3) is 5.60. The zero-order chi connectivity index (χ0) is 21.5. The van der Waals surface area contributed by atoms with Gasteiger partial charge in [0.05, 0.1) is 6.10 Å². The number of carbonyl (C=O) groups excluding carboxylic acids is 2. The minimum atomic E-state index is -0.0354. The smallest absolute Gasteiger partial charge is 0.254 e. The van der Waals surface area contributed by atoms with Gasteiger partial charge in [-0.05, 0) is 61.7 Å². The third-order valence-electron chi connectivity index (χ3n) is 5.21. The van der Waals surface area contributed by atoms with E-state index >= 15 is 0 Å². The monoisotopic (exact) mass is 410 g/mol. The molecule has 3 rings (SSSR count). The number of nitrogens with zero attached hydrogens (tertiary/aromatic N) is 2. The zero-order valence-corrected chi connectivity index (χ0v) is 18.0. The van der Waals surface area contributed by atoms with Crippen LogP contribution in [0.25, 0.3) is 0 Å². The van der Waals surface area contributed by atoms with Crippen LogP contribution in [0.5, 0.6) is 5.75 Å². The van der Waals surface area contributed by atoms with Crippen molar-refractivity contribution < 1.29 is 19.1 Å². The van der Waals surface area contributed by atoms with Crippen LogP contribution in [-0.2, 0) is 11.3 Å².